The van der Waals surface area contributed by atoms with E-state index < -0.39 is 24.5 Å². The van der Waals surface area contributed by atoms with Crippen molar-refractivity contribution in [3.63, 3.8) is 0 Å². The van der Waals surface area contributed by atoms with Gasteiger partial charge in [-0.2, -0.15) is 0 Å². The Bertz CT molecular complexity index is 582. The normalized spacial score (nSPS) is 25.1. The molecule has 0 aromatic rings. The second kappa shape index (κ2) is 13.7. The number of hydrogen-bond acceptors (Lipinski definition) is 7. The Morgan fingerprint density at radius 3 is 2.67 bits per heavy atom. The first-order chi connectivity index (χ1) is 14.2. The summed E-state index contributed by atoms with van der Waals surface area (Å²) in [4.78, 5) is 23.7. The van der Waals surface area contributed by atoms with Gasteiger partial charge in [0.15, 0.2) is 0 Å². The van der Waals surface area contributed by atoms with E-state index in [2.05, 4.69) is 11.7 Å². The highest BCUT2D eigenvalue weighted by Crippen LogP contribution is 2.36. The van der Waals surface area contributed by atoms with Gasteiger partial charge in [0.2, 0.25) is 5.79 Å². The van der Waals surface area contributed by atoms with Crippen LogP contribution in [0.5, 0.6) is 0 Å². The summed E-state index contributed by atoms with van der Waals surface area (Å²) in [7, 11) is 0. The minimum absolute atomic E-state index is 0.0795. The molecule has 1 fully saturated rings. The Morgan fingerprint density at radius 1 is 1.27 bits per heavy atom. The number of ketones is 1. The number of hydrogen-bond donors (Lipinski definition) is 4. The standard InChI is InChI=1S/C23H38O7/c1-3-4-7-10-17(25)13-14-19-18(20(26)15-21(19)27)11-8-5-6-9-12-22(28)30-23(2,29)16-24/h5-6,9,12,17-20,24-26,29H,3-4,7-8,10-11,13-16H2,1-2H3/b6-5-,12-9?/t17-,18+,19+,20?,23?/m0/s1. The van der Waals surface area contributed by atoms with Crippen LogP contribution in [0.3, 0.4) is 0 Å². The van der Waals surface area contributed by atoms with Crippen LogP contribution in [0, 0.1) is 11.8 Å². The molecule has 0 heterocycles. The van der Waals surface area contributed by atoms with Crippen LogP contribution in [-0.4, -0.2) is 56.8 Å². The molecular formula is C23H38O7. The van der Waals surface area contributed by atoms with Gasteiger partial charge in [0, 0.05) is 25.3 Å². The number of esters is 1. The Balaban J connectivity index is 2.42. The Kier molecular flexibility index (Phi) is 12.1. The number of ether oxygens (including phenoxy) is 1. The maximum absolute atomic E-state index is 12.3. The molecule has 1 rings (SSSR count). The molecule has 0 radical (unpaired) electrons. The van der Waals surface area contributed by atoms with Gasteiger partial charge < -0.3 is 25.2 Å². The van der Waals surface area contributed by atoms with Gasteiger partial charge in [-0.15, -0.1) is 0 Å². The van der Waals surface area contributed by atoms with E-state index in [1.54, 1.807) is 6.08 Å². The molecule has 1 saturated carbocycles. The van der Waals surface area contributed by atoms with Crippen LogP contribution in [0.25, 0.3) is 0 Å². The summed E-state index contributed by atoms with van der Waals surface area (Å²) in [5, 5.41) is 38.7. The maximum Gasteiger partial charge on any atom is 0.333 e. The summed E-state index contributed by atoms with van der Waals surface area (Å²) in [6.07, 6.45) is 11.7. The van der Waals surface area contributed by atoms with E-state index in [9.17, 15) is 24.9 Å². The van der Waals surface area contributed by atoms with Crippen molar-refractivity contribution in [1.82, 2.24) is 0 Å². The summed E-state index contributed by atoms with van der Waals surface area (Å²) in [5.74, 6) is -2.92. The fraction of sp³-hybridized carbons (Fsp3) is 0.739. The highest BCUT2D eigenvalue weighted by atomic mass is 16.7. The molecule has 0 aromatic heterocycles. The second-order valence-corrected chi connectivity index (χ2v) is 8.35. The fourth-order valence-corrected chi connectivity index (χ4v) is 3.81. The predicted octanol–water partition coefficient (Wildman–Crippen LogP) is 2.41. The SMILES string of the molecule is CCCCC[C@H](O)CC[C@H]1C(=O)CC(O)[C@@H]1CC/C=C\C=CC(=O)OC(C)(O)CO. The third-order valence-corrected chi connectivity index (χ3v) is 5.55. The van der Waals surface area contributed by atoms with Gasteiger partial charge in [0.1, 0.15) is 12.4 Å². The molecule has 4 N–H and O–H groups in total. The molecule has 172 valence electrons. The minimum atomic E-state index is -1.91. The van der Waals surface area contributed by atoms with E-state index in [1.165, 1.54) is 13.0 Å². The number of aliphatic hydroxyl groups excluding tert-OH is 3. The fourth-order valence-electron chi connectivity index (χ4n) is 3.81. The molecule has 0 spiro atoms. The lowest BCUT2D eigenvalue weighted by molar-refractivity contribution is -0.209. The van der Waals surface area contributed by atoms with Crippen molar-refractivity contribution in [2.24, 2.45) is 11.8 Å². The molecule has 0 saturated heterocycles. The van der Waals surface area contributed by atoms with Gasteiger partial charge in [0.25, 0.3) is 0 Å². The van der Waals surface area contributed by atoms with Crippen molar-refractivity contribution in [3.05, 3.63) is 24.3 Å². The summed E-state index contributed by atoms with van der Waals surface area (Å²) in [6.45, 7) is 2.61. The number of rotatable bonds is 14. The molecule has 2 unspecified atom stereocenters. The molecule has 1 aliphatic rings. The first-order valence-corrected chi connectivity index (χ1v) is 11.0. The smallest absolute Gasteiger partial charge is 0.333 e. The van der Waals surface area contributed by atoms with E-state index >= 15 is 0 Å². The number of Topliss-reactive ketones (excluding diaryl/α,β-unsaturated/α-hetero) is 1. The molecule has 0 aromatic carbocycles. The first-order valence-electron chi connectivity index (χ1n) is 11.0. The van der Waals surface area contributed by atoms with Crippen molar-refractivity contribution in [3.8, 4) is 0 Å². The van der Waals surface area contributed by atoms with Crippen molar-refractivity contribution >= 4 is 11.8 Å². The van der Waals surface area contributed by atoms with Crippen molar-refractivity contribution in [2.75, 3.05) is 6.61 Å². The lowest BCUT2D eigenvalue weighted by atomic mass is 9.85. The highest BCUT2D eigenvalue weighted by Gasteiger charge is 2.40. The van der Waals surface area contributed by atoms with Gasteiger partial charge in [-0.25, -0.2) is 4.79 Å². The predicted molar refractivity (Wildman–Crippen MR) is 113 cm³/mol. The van der Waals surface area contributed by atoms with Crippen LogP contribution in [0.1, 0.15) is 71.6 Å². The monoisotopic (exact) mass is 426 g/mol. The second-order valence-electron chi connectivity index (χ2n) is 8.35. The number of unbranched alkanes of at least 4 members (excludes halogenated alkanes) is 2. The molecule has 5 atom stereocenters. The molecule has 0 amide bonds. The molecule has 7 nitrogen and oxygen atoms in total. The van der Waals surface area contributed by atoms with Crippen LogP contribution in [0.4, 0.5) is 0 Å². The average Bonchev–Trinajstić information content (AvgIpc) is 2.95. The van der Waals surface area contributed by atoms with Gasteiger partial charge in [0.05, 0.1) is 12.2 Å². The van der Waals surface area contributed by atoms with Crippen LogP contribution < -0.4 is 0 Å². The van der Waals surface area contributed by atoms with Gasteiger partial charge in [-0.05, 0) is 38.0 Å². The number of aliphatic hydroxyl groups is 4. The van der Waals surface area contributed by atoms with Crippen molar-refractivity contribution in [2.45, 2.75) is 89.6 Å². The van der Waals surface area contributed by atoms with Crippen LogP contribution >= 0.6 is 0 Å². The molecular weight excluding hydrogens is 388 g/mol. The summed E-state index contributed by atoms with van der Waals surface area (Å²) >= 11 is 0. The number of carbonyl (C=O) groups is 2. The first kappa shape index (κ1) is 26.5. The number of carbonyl (C=O) groups excluding carboxylic acids is 2. The molecule has 30 heavy (non-hydrogen) atoms. The average molecular weight is 427 g/mol. The molecule has 0 aliphatic heterocycles. The lowest BCUT2D eigenvalue weighted by Gasteiger charge is -2.21. The van der Waals surface area contributed by atoms with Gasteiger partial charge in [-0.3, -0.25) is 4.79 Å². The largest absolute Gasteiger partial charge is 0.428 e. The molecule has 1 aliphatic carbocycles. The van der Waals surface area contributed by atoms with Crippen molar-refractivity contribution in [1.29, 1.82) is 0 Å². The Morgan fingerprint density at radius 2 is 2.00 bits per heavy atom. The van der Waals surface area contributed by atoms with Gasteiger partial charge in [-0.1, -0.05) is 44.4 Å². The van der Waals surface area contributed by atoms with E-state index in [1.807, 2.05) is 6.08 Å². The van der Waals surface area contributed by atoms with Crippen molar-refractivity contribution < 1.29 is 34.8 Å². The zero-order valence-electron chi connectivity index (χ0n) is 18.2. The highest BCUT2D eigenvalue weighted by molar-refractivity contribution is 5.84. The molecule has 0 bridgehead atoms. The van der Waals surface area contributed by atoms with Crippen LogP contribution in [0.15, 0.2) is 24.3 Å². The third kappa shape index (κ3) is 9.98. The van der Waals surface area contributed by atoms with E-state index in [4.69, 9.17) is 5.11 Å². The lowest BCUT2D eigenvalue weighted by Crippen LogP contribution is -2.34. The van der Waals surface area contributed by atoms with E-state index in [0.29, 0.717) is 25.7 Å². The zero-order chi connectivity index (χ0) is 22.6. The topological polar surface area (TPSA) is 124 Å². The van der Waals surface area contributed by atoms with E-state index in [-0.39, 0.29) is 30.1 Å². The summed E-state index contributed by atoms with van der Waals surface area (Å²) < 4.78 is 4.65. The van der Waals surface area contributed by atoms with E-state index in [0.717, 1.165) is 31.8 Å². The van der Waals surface area contributed by atoms with Crippen LogP contribution in [0.2, 0.25) is 0 Å². The van der Waals surface area contributed by atoms with Gasteiger partial charge >= 0.3 is 5.97 Å². The Labute approximate surface area is 179 Å². The maximum atomic E-state index is 12.3. The third-order valence-electron chi connectivity index (χ3n) is 5.55. The minimum Gasteiger partial charge on any atom is -0.428 e. The quantitative estimate of drug-likeness (QED) is 0.111. The molecule has 7 heteroatoms. The summed E-state index contributed by atoms with van der Waals surface area (Å²) in [6, 6.07) is 0. The zero-order valence-corrected chi connectivity index (χ0v) is 18.2. The Hall–Kier alpha value is -1.54. The van der Waals surface area contributed by atoms with Crippen LogP contribution in [-0.2, 0) is 14.3 Å². The number of allylic oxidation sites excluding steroid dienone is 3. The summed E-state index contributed by atoms with van der Waals surface area (Å²) in [5.41, 5.74) is 0.